The van der Waals surface area contributed by atoms with E-state index in [2.05, 4.69) is 36.0 Å². The Labute approximate surface area is 197 Å². The third kappa shape index (κ3) is 5.44. The molecule has 1 aliphatic rings. The van der Waals surface area contributed by atoms with Gasteiger partial charge in [0.25, 0.3) is 0 Å². The van der Waals surface area contributed by atoms with Crippen molar-refractivity contribution in [2.45, 2.75) is 18.9 Å². The number of ether oxygens (including phenoxy) is 1. The molecule has 14 heteroatoms. The Balaban J connectivity index is 1.39. The molecule has 1 fully saturated rings. The Morgan fingerprint density at radius 1 is 1.33 bits per heavy atom. The van der Waals surface area contributed by atoms with Crippen molar-refractivity contribution < 1.29 is 28.3 Å². The molecule has 4 rings (SSSR count). The molecule has 1 saturated carbocycles. The summed E-state index contributed by atoms with van der Waals surface area (Å²) in [5.74, 6) is -0.392. The Bertz CT molecular complexity index is 1200. The molecule has 4 N–H and O–H groups in total. The third-order valence-electron chi connectivity index (χ3n) is 5.15. The molecule has 0 saturated heterocycles. The van der Waals surface area contributed by atoms with Crippen molar-refractivity contribution in [2.75, 3.05) is 26.0 Å². The van der Waals surface area contributed by atoms with Crippen LogP contribution in [0.4, 0.5) is 5.95 Å². The highest BCUT2D eigenvalue weighted by Gasteiger charge is 2.36. The number of benzene rings is 1. The van der Waals surface area contributed by atoms with Crippen molar-refractivity contribution in [1.82, 2.24) is 24.6 Å². The van der Waals surface area contributed by atoms with E-state index in [0.717, 1.165) is 17.3 Å². The molecule has 12 nitrogen and oxygen atoms in total. The van der Waals surface area contributed by atoms with Gasteiger partial charge in [-0.25, -0.2) is 14.6 Å². The number of imidazole rings is 1. The van der Waals surface area contributed by atoms with Crippen LogP contribution in [-0.4, -0.2) is 50.9 Å². The molecular weight excluding hydrogens is 519 g/mol. The zero-order valence-electron chi connectivity index (χ0n) is 17.5. The minimum atomic E-state index is -3.90. The molecule has 0 radical (unpaired) electrons. The number of hydrogen-bond donors (Lipinski definition) is 3. The monoisotopic (exact) mass is 540 g/mol. The predicted molar refractivity (Wildman–Crippen MR) is 122 cm³/mol. The Morgan fingerprint density at radius 2 is 2.06 bits per heavy atom. The van der Waals surface area contributed by atoms with E-state index >= 15 is 0 Å². The van der Waals surface area contributed by atoms with Crippen LogP contribution in [0.15, 0.2) is 35.1 Å². The zero-order chi connectivity index (χ0) is 23.6. The molecule has 1 unspecified atom stereocenters. The molecule has 1 atom stereocenters. The Morgan fingerprint density at radius 3 is 2.73 bits per heavy atom. The van der Waals surface area contributed by atoms with Gasteiger partial charge >= 0.3 is 13.7 Å². The first kappa shape index (κ1) is 23.4. The van der Waals surface area contributed by atoms with Crippen molar-refractivity contribution in [3.05, 3.63) is 35.1 Å². The average molecular weight is 541 g/mol. The smallest absolute Gasteiger partial charge is 0.459 e. The number of methoxy groups -OCH3 is 1. The van der Waals surface area contributed by atoms with Gasteiger partial charge in [-0.1, -0.05) is 15.9 Å². The van der Waals surface area contributed by atoms with Crippen LogP contribution >= 0.6 is 23.7 Å². The lowest BCUT2D eigenvalue weighted by Gasteiger charge is -2.36. The highest BCUT2D eigenvalue weighted by Crippen LogP contribution is 2.47. The molecular formula is C19H22BrN6O6P. The number of rotatable bonds is 10. The van der Waals surface area contributed by atoms with Gasteiger partial charge in [-0.3, -0.25) is 9.32 Å². The predicted octanol–water partition coefficient (Wildman–Crippen LogP) is 3.01. The number of fused-ring (bicyclic) bond motifs is 1. The second kappa shape index (κ2) is 9.64. The maximum absolute atomic E-state index is 13.1. The lowest BCUT2D eigenvalue weighted by molar-refractivity contribution is -0.135. The molecule has 0 aliphatic heterocycles. The fourth-order valence-corrected chi connectivity index (χ4v) is 5.09. The van der Waals surface area contributed by atoms with Crippen molar-refractivity contribution in [1.29, 1.82) is 0 Å². The Hall–Kier alpha value is -2.73. The number of aliphatic carboxylic acids is 1. The van der Waals surface area contributed by atoms with Gasteiger partial charge in [0.15, 0.2) is 11.2 Å². The van der Waals surface area contributed by atoms with Crippen molar-refractivity contribution in [3.63, 3.8) is 0 Å². The van der Waals surface area contributed by atoms with Gasteiger partial charge in [0.05, 0.1) is 20.0 Å². The van der Waals surface area contributed by atoms with E-state index in [1.165, 1.54) is 7.11 Å². The fourth-order valence-electron chi connectivity index (χ4n) is 3.49. The van der Waals surface area contributed by atoms with Crippen LogP contribution in [0.25, 0.3) is 11.2 Å². The van der Waals surface area contributed by atoms with E-state index in [1.54, 1.807) is 30.6 Å². The topological polar surface area (TPSA) is 164 Å². The highest BCUT2D eigenvalue weighted by atomic mass is 79.9. The second-order valence-corrected chi connectivity index (χ2v) is 10.1. The Kier molecular flexibility index (Phi) is 6.84. The molecule has 0 bridgehead atoms. The summed E-state index contributed by atoms with van der Waals surface area (Å²) in [6.45, 7) is -0.435. The first-order valence-electron chi connectivity index (χ1n) is 9.97. The summed E-state index contributed by atoms with van der Waals surface area (Å²) in [6, 6.07) is 6.74. The number of nitrogens with one attached hydrogen (secondary N) is 1. The molecule has 0 amide bonds. The summed E-state index contributed by atoms with van der Waals surface area (Å²) < 4.78 is 32.2. The maximum atomic E-state index is 13.1. The SMILES string of the molecule is COc1nc(N)nc2c1ncn2[C@H]1C[C@@H](COP(=O)(NCC(=O)O)Oc2ccc(Br)cc2)C1. The quantitative estimate of drug-likeness (QED) is 0.323. The number of nitrogen functional groups attached to an aromatic ring is 1. The lowest BCUT2D eigenvalue weighted by atomic mass is 9.81. The van der Waals surface area contributed by atoms with Crippen LogP contribution in [0.2, 0.25) is 0 Å². The van der Waals surface area contributed by atoms with Crippen LogP contribution < -0.4 is 20.1 Å². The largest absolute Gasteiger partial charge is 0.480 e. The van der Waals surface area contributed by atoms with Gasteiger partial charge in [0.2, 0.25) is 11.8 Å². The summed E-state index contributed by atoms with van der Waals surface area (Å²) in [7, 11) is -2.41. The summed E-state index contributed by atoms with van der Waals surface area (Å²) in [5.41, 5.74) is 6.88. The number of aromatic nitrogens is 4. The van der Waals surface area contributed by atoms with E-state index < -0.39 is 20.3 Å². The van der Waals surface area contributed by atoms with Gasteiger partial charge in [0, 0.05) is 10.5 Å². The van der Waals surface area contributed by atoms with Crippen LogP contribution in [0, 0.1) is 5.92 Å². The van der Waals surface area contributed by atoms with Crippen LogP contribution in [0.5, 0.6) is 11.6 Å². The third-order valence-corrected chi connectivity index (χ3v) is 7.16. The van der Waals surface area contributed by atoms with Crippen LogP contribution in [0.3, 0.4) is 0 Å². The first-order chi connectivity index (χ1) is 15.8. The van der Waals surface area contributed by atoms with Gasteiger partial charge < -0.3 is 24.7 Å². The van der Waals surface area contributed by atoms with Crippen molar-refractivity contribution in [3.8, 4) is 11.6 Å². The zero-order valence-corrected chi connectivity index (χ0v) is 20.0. The number of anilines is 1. The second-order valence-electron chi connectivity index (χ2n) is 7.47. The molecule has 2 aromatic heterocycles. The van der Waals surface area contributed by atoms with Gasteiger partial charge in [-0.05, 0) is 43.0 Å². The number of halogens is 1. The van der Waals surface area contributed by atoms with Crippen molar-refractivity contribution >= 4 is 46.8 Å². The normalized spacial score (nSPS) is 19.6. The molecule has 3 aromatic rings. The molecule has 1 aliphatic carbocycles. The minimum Gasteiger partial charge on any atom is -0.480 e. The molecule has 1 aromatic carbocycles. The standard InChI is InChI=1S/C19H22BrN6O6P/c1-30-18-16-17(24-19(21)25-18)26(10-22-16)13-6-11(7-13)9-31-33(29,23-8-15(27)28)32-14-4-2-12(20)3-5-14/h2-5,10-11,13H,6-9H2,1H3,(H,23,29)(H,27,28)(H2,21,24,25)/t11-,13+,33?. The van der Waals surface area contributed by atoms with E-state index in [0.29, 0.717) is 22.8 Å². The number of nitrogens with two attached hydrogens (primary N) is 1. The van der Waals surface area contributed by atoms with E-state index in [1.807, 2.05) is 4.57 Å². The first-order valence-corrected chi connectivity index (χ1v) is 12.3. The van der Waals surface area contributed by atoms with Gasteiger partial charge in [-0.15, -0.1) is 0 Å². The summed E-state index contributed by atoms with van der Waals surface area (Å²) >= 11 is 3.31. The van der Waals surface area contributed by atoms with E-state index in [-0.39, 0.29) is 24.5 Å². The molecule has 2 heterocycles. The summed E-state index contributed by atoms with van der Waals surface area (Å²) in [6.07, 6.45) is 3.10. The minimum absolute atomic E-state index is 0.0852. The van der Waals surface area contributed by atoms with Crippen molar-refractivity contribution in [2.24, 2.45) is 5.92 Å². The average Bonchev–Trinajstić information content (AvgIpc) is 3.16. The van der Waals surface area contributed by atoms with Gasteiger partial charge in [-0.2, -0.15) is 9.97 Å². The van der Waals surface area contributed by atoms with E-state index in [9.17, 15) is 9.36 Å². The summed E-state index contributed by atoms with van der Waals surface area (Å²) in [4.78, 5) is 23.6. The number of nitrogens with zero attached hydrogens (tertiary/aromatic N) is 4. The van der Waals surface area contributed by atoms with Crippen LogP contribution in [0.1, 0.15) is 18.9 Å². The number of carboxylic acids is 1. The van der Waals surface area contributed by atoms with Crippen LogP contribution in [-0.2, 0) is 13.9 Å². The van der Waals surface area contributed by atoms with Gasteiger partial charge in [0.1, 0.15) is 12.3 Å². The fraction of sp³-hybridized carbons (Fsp3) is 0.368. The maximum Gasteiger partial charge on any atom is 0.459 e. The lowest BCUT2D eigenvalue weighted by Crippen LogP contribution is -2.31. The number of carboxylic acid groups (broad SMARTS) is 1. The number of carbonyl (C=O) groups is 1. The molecule has 0 spiro atoms. The van der Waals surface area contributed by atoms with E-state index in [4.69, 9.17) is 24.6 Å². The summed E-state index contributed by atoms with van der Waals surface area (Å²) in [5, 5.41) is 11.3. The highest BCUT2D eigenvalue weighted by molar-refractivity contribution is 9.10. The molecule has 176 valence electrons. The number of hydrogen-bond acceptors (Lipinski definition) is 9. The molecule has 33 heavy (non-hydrogen) atoms.